The Bertz CT molecular complexity index is 911. The van der Waals surface area contributed by atoms with Crippen LogP contribution in [0.3, 0.4) is 0 Å². The first-order valence-electron chi connectivity index (χ1n) is 10.3. The van der Waals surface area contributed by atoms with Crippen molar-refractivity contribution < 1.29 is 14.6 Å². The Balaban J connectivity index is 1.62. The lowest BCUT2D eigenvalue weighted by Gasteiger charge is -2.31. The summed E-state index contributed by atoms with van der Waals surface area (Å²) in [5, 5.41) is 10.0. The van der Waals surface area contributed by atoms with Crippen LogP contribution in [0.1, 0.15) is 25.3 Å². The van der Waals surface area contributed by atoms with Crippen molar-refractivity contribution in [2.45, 2.75) is 31.7 Å². The number of benzene rings is 1. The minimum atomic E-state index is -0.980. The van der Waals surface area contributed by atoms with Crippen LogP contribution in [0.5, 0.6) is 5.75 Å². The van der Waals surface area contributed by atoms with Gasteiger partial charge in [0.25, 0.3) is 0 Å². The van der Waals surface area contributed by atoms with Gasteiger partial charge in [0.15, 0.2) is 0 Å². The molecule has 2 aromatic heterocycles. The Morgan fingerprint density at radius 1 is 1.13 bits per heavy atom. The van der Waals surface area contributed by atoms with E-state index in [-0.39, 0.29) is 0 Å². The molecule has 0 aliphatic heterocycles. The first kappa shape index (κ1) is 21.4. The molecule has 0 amide bonds. The van der Waals surface area contributed by atoms with Gasteiger partial charge in [0.05, 0.1) is 6.54 Å². The monoisotopic (exact) mass is 407 g/mol. The van der Waals surface area contributed by atoms with Gasteiger partial charge in [-0.3, -0.25) is 0 Å². The van der Waals surface area contributed by atoms with Gasteiger partial charge in [-0.1, -0.05) is 31.5 Å². The normalized spacial score (nSPS) is 12.9. The number of pyridine rings is 1. The number of hydrogen-bond acceptors (Lipinski definition) is 4. The summed E-state index contributed by atoms with van der Waals surface area (Å²) in [7, 11) is 1.98. The van der Waals surface area contributed by atoms with Crippen LogP contribution in [0.25, 0.3) is 0 Å². The zero-order valence-electron chi connectivity index (χ0n) is 17.6. The van der Waals surface area contributed by atoms with Crippen molar-refractivity contribution >= 4 is 11.8 Å². The Hall–Kier alpha value is -3.28. The van der Waals surface area contributed by atoms with E-state index in [0.717, 1.165) is 23.6 Å². The maximum absolute atomic E-state index is 12.2. The van der Waals surface area contributed by atoms with Gasteiger partial charge in [-0.05, 0) is 48.4 Å². The van der Waals surface area contributed by atoms with E-state index in [1.54, 1.807) is 6.20 Å². The van der Waals surface area contributed by atoms with E-state index >= 15 is 0 Å². The number of rotatable bonds is 11. The number of carboxylic acids is 1. The summed E-state index contributed by atoms with van der Waals surface area (Å²) in [5.41, 5.74) is -0.0102. The molecule has 1 aromatic carbocycles. The van der Waals surface area contributed by atoms with Crippen LogP contribution >= 0.6 is 0 Å². The van der Waals surface area contributed by atoms with Gasteiger partial charge in [-0.2, -0.15) is 0 Å². The lowest BCUT2D eigenvalue weighted by atomic mass is 9.86. The van der Waals surface area contributed by atoms with Crippen LogP contribution in [-0.4, -0.2) is 40.8 Å². The SMILES string of the molecule is CCC[C@](Cc1ccc(OCCN(C)c2ccccn2)cc1)(C(=O)O)n1cccc1. The Morgan fingerprint density at radius 2 is 1.87 bits per heavy atom. The number of hydrogen-bond donors (Lipinski definition) is 1. The molecule has 0 radical (unpaired) electrons. The highest BCUT2D eigenvalue weighted by Gasteiger charge is 2.39. The molecule has 0 aliphatic rings. The van der Waals surface area contributed by atoms with Crippen molar-refractivity contribution in [1.29, 1.82) is 0 Å². The van der Waals surface area contributed by atoms with E-state index in [1.807, 2.05) is 90.4 Å². The number of carboxylic acid groups (broad SMARTS) is 1. The van der Waals surface area contributed by atoms with Crippen molar-refractivity contribution in [1.82, 2.24) is 9.55 Å². The van der Waals surface area contributed by atoms with Gasteiger partial charge in [0.1, 0.15) is 23.7 Å². The molecule has 158 valence electrons. The molecule has 0 unspecified atom stereocenters. The topological polar surface area (TPSA) is 67.6 Å². The van der Waals surface area contributed by atoms with Gasteiger partial charge >= 0.3 is 5.97 Å². The van der Waals surface area contributed by atoms with Crippen molar-refractivity contribution in [2.75, 3.05) is 25.1 Å². The van der Waals surface area contributed by atoms with Gasteiger partial charge in [-0.15, -0.1) is 0 Å². The number of ether oxygens (including phenoxy) is 1. The molecule has 1 N–H and O–H groups in total. The number of carbonyl (C=O) groups is 1. The number of nitrogens with zero attached hydrogens (tertiary/aromatic N) is 3. The zero-order valence-corrected chi connectivity index (χ0v) is 17.6. The lowest BCUT2D eigenvalue weighted by molar-refractivity contribution is -0.148. The van der Waals surface area contributed by atoms with E-state index in [9.17, 15) is 9.90 Å². The quantitative estimate of drug-likeness (QED) is 0.515. The molecular weight excluding hydrogens is 378 g/mol. The molecule has 6 nitrogen and oxygen atoms in total. The summed E-state index contributed by atoms with van der Waals surface area (Å²) in [5.74, 6) is 0.867. The third kappa shape index (κ3) is 5.00. The molecule has 2 heterocycles. The molecule has 0 fully saturated rings. The average Bonchev–Trinajstić information content (AvgIpc) is 3.30. The molecule has 3 aromatic rings. The van der Waals surface area contributed by atoms with Gasteiger partial charge < -0.3 is 19.3 Å². The first-order chi connectivity index (χ1) is 14.5. The van der Waals surface area contributed by atoms with Crippen LogP contribution in [0.15, 0.2) is 73.2 Å². The van der Waals surface area contributed by atoms with Crippen LogP contribution in [0.4, 0.5) is 5.82 Å². The molecule has 6 heteroatoms. The maximum Gasteiger partial charge on any atom is 0.330 e. The minimum absolute atomic E-state index is 0.424. The van der Waals surface area contributed by atoms with Crippen molar-refractivity contribution in [3.05, 3.63) is 78.8 Å². The van der Waals surface area contributed by atoms with Crippen LogP contribution in [0.2, 0.25) is 0 Å². The largest absolute Gasteiger partial charge is 0.492 e. The molecule has 0 aliphatic carbocycles. The van der Waals surface area contributed by atoms with Gasteiger partial charge in [0.2, 0.25) is 0 Å². The minimum Gasteiger partial charge on any atom is -0.492 e. The Labute approximate surface area is 177 Å². The second-order valence-electron chi connectivity index (χ2n) is 7.46. The molecule has 0 spiro atoms. The number of aliphatic carboxylic acids is 1. The van der Waals surface area contributed by atoms with Crippen molar-refractivity contribution in [3.8, 4) is 5.75 Å². The molecule has 3 rings (SSSR count). The molecular formula is C24H29N3O3. The predicted molar refractivity (Wildman–Crippen MR) is 118 cm³/mol. The molecule has 0 bridgehead atoms. The van der Waals surface area contributed by atoms with E-state index in [0.29, 0.717) is 26.0 Å². The van der Waals surface area contributed by atoms with E-state index in [4.69, 9.17) is 4.74 Å². The molecule has 30 heavy (non-hydrogen) atoms. The summed E-state index contributed by atoms with van der Waals surface area (Å²) in [6.07, 6.45) is 7.21. The second-order valence-corrected chi connectivity index (χ2v) is 7.46. The fourth-order valence-electron chi connectivity index (χ4n) is 3.67. The summed E-state index contributed by atoms with van der Waals surface area (Å²) in [4.78, 5) is 18.6. The Kier molecular flexibility index (Phi) is 7.12. The number of aromatic nitrogens is 2. The smallest absolute Gasteiger partial charge is 0.330 e. The second kappa shape index (κ2) is 9.96. The van der Waals surface area contributed by atoms with Gasteiger partial charge in [-0.25, -0.2) is 9.78 Å². The highest BCUT2D eigenvalue weighted by Crippen LogP contribution is 2.29. The van der Waals surface area contributed by atoms with E-state index in [2.05, 4.69) is 4.98 Å². The van der Waals surface area contributed by atoms with Crippen LogP contribution in [-0.2, 0) is 16.8 Å². The molecule has 1 atom stereocenters. The molecule has 0 saturated carbocycles. The summed E-state index contributed by atoms with van der Waals surface area (Å²) in [6, 6.07) is 17.3. The van der Waals surface area contributed by atoms with Gasteiger partial charge in [0, 0.05) is 32.1 Å². The highest BCUT2D eigenvalue weighted by atomic mass is 16.5. The van der Waals surface area contributed by atoms with Crippen molar-refractivity contribution in [3.63, 3.8) is 0 Å². The maximum atomic E-state index is 12.2. The number of likely N-dealkylation sites (N-methyl/N-ethyl adjacent to an activating group) is 1. The fraction of sp³-hybridized carbons (Fsp3) is 0.333. The number of anilines is 1. The standard InChI is InChI=1S/C24H29N3O3/c1-3-13-24(23(28)29,27-15-6-7-16-27)19-20-9-11-21(12-10-20)30-18-17-26(2)22-8-4-5-14-25-22/h4-12,14-16H,3,13,17-19H2,1-2H3,(H,28,29)/t24-/m0/s1. The summed E-state index contributed by atoms with van der Waals surface area (Å²) in [6.45, 7) is 3.26. The zero-order chi connectivity index (χ0) is 21.4. The third-order valence-electron chi connectivity index (χ3n) is 5.32. The summed E-state index contributed by atoms with van der Waals surface area (Å²) < 4.78 is 7.68. The fourth-order valence-corrected chi connectivity index (χ4v) is 3.67. The van der Waals surface area contributed by atoms with E-state index in [1.165, 1.54) is 0 Å². The Morgan fingerprint density at radius 3 is 2.47 bits per heavy atom. The van der Waals surface area contributed by atoms with E-state index < -0.39 is 11.5 Å². The molecule has 0 saturated heterocycles. The predicted octanol–water partition coefficient (Wildman–Crippen LogP) is 4.22. The average molecular weight is 408 g/mol. The third-order valence-corrected chi connectivity index (χ3v) is 5.32. The highest BCUT2D eigenvalue weighted by molar-refractivity contribution is 5.77. The van der Waals surface area contributed by atoms with Crippen LogP contribution < -0.4 is 9.64 Å². The summed E-state index contributed by atoms with van der Waals surface area (Å²) >= 11 is 0. The van der Waals surface area contributed by atoms with Crippen LogP contribution in [0, 0.1) is 0 Å². The van der Waals surface area contributed by atoms with Crippen molar-refractivity contribution in [2.24, 2.45) is 0 Å². The lowest BCUT2D eigenvalue weighted by Crippen LogP contribution is -2.43. The first-order valence-corrected chi connectivity index (χ1v) is 10.3.